The van der Waals surface area contributed by atoms with Crippen LogP contribution in [0.4, 0.5) is 10.1 Å². The van der Waals surface area contributed by atoms with Crippen molar-refractivity contribution in [2.24, 2.45) is 0 Å². The summed E-state index contributed by atoms with van der Waals surface area (Å²) in [5.74, 6) is 0.367. The maximum Gasteiger partial charge on any atom is 0.260 e. The normalized spacial score (nSPS) is 14.2. The number of halogens is 1. The molecule has 0 radical (unpaired) electrons. The van der Waals surface area contributed by atoms with Crippen LogP contribution in [-0.4, -0.2) is 50.2 Å². The van der Waals surface area contributed by atoms with Crippen molar-refractivity contribution < 1.29 is 18.7 Å². The molecule has 0 atom stereocenters. The van der Waals surface area contributed by atoms with Crippen molar-refractivity contribution in [1.29, 1.82) is 0 Å². The Kier molecular flexibility index (Phi) is 5.94. The van der Waals surface area contributed by atoms with Crippen molar-refractivity contribution in [2.45, 2.75) is 6.92 Å². The van der Waals surface area contributed by atoms with Crippen LogP contribution in [0.25, 0.3) is 0 Å². The van der Waals surface area contributed by atoms with Gasteiger partial charge >= 0.3 is 0 Å². The van der Waals surface area contributed by atoms with Gasteiger partial charge in [0.15, 0.2) is 18.2 Å². The number of carbonyl (C=O) groups is 1. The number of amides is 1. The van der Waals surface area contributed by atoms with Crippen LogP contribution in [0, 0.1) is 5.82 Å². The van der Waals surface area contributed by atoms with E-state index in [9.17, 15) is 9.18 Å². The zero-order chi connectivity index (χ0) is 18.4. The molecule has 1 aliphatic rings. The smallest absolute Gasteiger partial charge is 0.260 e. The number of piperazine rings is 1. The predicted molar refractivity (Wildman–Crippen MR) is 98.3 cm³/mol. The second-order valence-corrected chi connectivity index (χ2v) is 5.99. The molecule has 3 rings (SSSR count). The van der Waals surface area contributed by atoms with Gasteiger partial charge < -0.3 is 19.3 Å². The fraction of sp³-hybridized carbons (Fsp3) is 0.350. The Bertz CT molecular complexity index is 745. The van der Waals surface area contributed by atoms with E-state index in [1.54, 1.807) is 17.0 Å². The zero-order valence-electron chi connectivity index (χ0n) is 14.9. The highest BCUT2D eigenvalue weighted by molar-refractivity contribution is 5.78. The lowest BCUT2D eigenvalue weighted by atomic mass is 10.2. The first-order valence-electron chi connectivity index (χ1n) is 8.81. The van der Waals surface area contributed by atoms with Gasteiger partial charge in [0.2, 0.25) is 0 Å². The molecule has 0 N–H and O–H groups in total. The van der Waals surface area contributed by atoms with E-state index >= 15 is 0 Å². The molecular weight excluding hydrogens is 335 g/mol. The van der Waals surface area contributed by atoms with Crippen LogP contribution in [0.3, 0.4) is 0 Å². The van der Waals surface area contributed by atoms with Crippen molar-refractivity contribution >= 4 is 11.6 Å². The van der Waals surface area contributed by atoms with Crippen LogP contribution in [-0.2, 0) is 4.79 Å². The highest BCUT2D eigenvalue weighted by Crippen LogP contribution is 2.28. The summed E-state index contributed by atoms with van der Waals surface area (Å²) in [5.41, 5.74) is 1.05. The van der Waals surface area contributed by atoms with E-state index in [1.165, 1.54) is 12.1 Å². The second kappa shape index (κ2) is 8.56. The third-order valence-corrected chi connectivity index (χ3v) is 4.33. The van der Waals surface area contributed by atoms with Gasteiger partial charge in [0.25, 0.3) is 5.91 Å². The summed E-state index contributed by atoms with van der Waals surface area (Å²) in [7, 11) is 0. The van der Waals surface area contributed by atoms with Gasteiger partial charge in [-0.15, -0.1) is 0 Å². The molecule has 1 aliphatic heterocycles. The fourth-order valence-corrected chi connectivity index (χ4v) is 2.99. The maximum absolute atomic E-state index is 13.6. The number of hydrogen-bond donors (Lipinski definition) is 0. The molecule has 0 bridgehead atoms. The van der Waals surface area contributed by atoms with Crippen molar-refractivity contribution in [3.8, 4) is 11.5 Å². The second-order valence-electron chi connectivity index (χ2n) is 5.99. The SMILES string of the molecule is CCOc1ccccc1N1CCN(C(=O)COc2ccccc2F)CC1. The van der Waals surface area contributed by atoms with E-state index < -0.39 is 5.82 Å². The van der Waals surface area contributed by atoms with Crippen molar-refractivity contribution in [3.05, 3.63) is 54.3 Å². The minimum Gasteiger partial charge on any atom is -0.492 e. The third kappa shape index (κ3) is 4.25. The van der Waals surface area contributed by atoms with E-state index in [-0.39, 0.29) is 18.3 Å². The number of hydrogen-bond acceptors (Lipinski definition) is 4. The average molecular weight is 358 g/mol. The lowest BCUT2D eigenvalue weighted by Crippen LogP contribution is -2.50. The molecule has 1 fully saturated rings. The number of nitrogens with zero attached hydrogens (tertiary/aromatic N) is 2. The Morgan fingerprint density at radius 3 is 2.31 bits per heavy atom. The van der Waals surface area contributed by atoms with Gasteiger partial charge in [-0.3, -0.25) is 4.79 Å². The highest BCUT2D eigenvalue weighted by atomic mass is 19.1. The minimum absolute atomic E-state index is 0.102. The van der Waals surface area contributed by atoms with Gasteiger partial charge in [-0.05, 0) is 31.2 Å². The molecule has 1 saturated heterocycles. The van der Waals surface area contributed by atoms with Gasteiger partial charge in [-0.1, -0.05) is 24.3 Å². The zero-order valence-corrected chi connectivity index (χ0v) is 14.9. The topological polar surface area (TPSA) is 42.0 Å². The summed E-state index contributed by atoms with van der Waals surface area (Å²) in [6, 6.07) is 14.0. The van der Waals surface area contributed by atoms with E-state index in [0.29, 0.717) is 19.7 Å². The highest BCUT2D eigenvalue weighted by Gasteiger charge is 2.23. The van der Waals surface area contributed by atoms with Crippen LogP contribution >= 0.6 is 0 Å². The number of benzene rings is 2. The molecule has 0 unspecified atom stereocenters. The van der Waals surface area contributed by atoms with Crippen LogP contribution in [0.2, 0.25) is 0 Å². The van der Waals surface area contributed by atoms with Crippen LogP contribution < -0.4 is 14.4 Å². The monoisotopic (exact) mass is 358 g/mol. The predicted octanol–water partition coefficient (Wildman–Crippen LogP) is 2.95. The molecule has 0 saturated carbocycles. The average Bonchev–Trinajstić information content (AvgIpc) is 2.68. The number of rotatable bonds is 6. The Balaban J connectivity index is 1.53. The first-order valence-corrected chi connectivity index (χ1v) is 8.81. The van der Waals surface area contributed by atoms with E-state index in [1.807, 2.05) is 31.2 Å². The van der Waals surface area contributed by atoms with Gasteiger partial charge in [0.05, 0.1) is 12.3 Å². The number of anilines is 1. The summed E-state index contributed by atoms with van der Waals surface area (Å²) in [4.78, 5) is 16.3. The van der Waals surface area contributed by atoms with Gasteiger partial charge in [-0.25, -0.2) is 4.39 Å². The van der Waals surface area contributed by atoms with Crippen LogP contribution in [0.1, 0.15) is 6.92 Å². The Morgan fingerprint density at radius 2 is 1.62 bits per heavy atom. The largest absolute Gasteiger partial charge is 0.492 e. The molecule has 0 spiro atoms. The molecule has 138 valence electrons. The third-order valence-electron chi connectivity index (χ3n) is 4.33. The summed E-state index contributed by atoms with van der Waals surface area (Å²) < 4.78 is 24.6. The summed E-state index contributed by atoms with van der Waals surface area (Å²) >= 11 is 0. The van der Waals surface area contributed by atoms with E-state index in [2.05, 4.69) is 4.90 Å². The Morgan fingerprint density at radius 1 is 0.962 bits per heavy atom. The van der Waals surface area contributed by atoms with Gasteiger partial charge in [-0.2, -0.15) is 0 Å². The minimum atomic E-state index is -0.461. The number of ether oxygens (including phenoxy) is 2. The lowest BCUT2D eigenvalue weighted by Gasteiger charge is -2.36. The van der Waals surface area contributed by atoms with E-state index in [4.69, 9.17) is 9.47 Å². The number of para-hydroxylation sites is 3. The molecule has 5 nitrogen and oxygen atoms in total. The van der Waals surface area contributed by atoms with Gasteiger partial charge in [0.1, 0.15) is 5.75 Å². The van der Waals surface area contributed by atoms with E-state index in [0.717, 1.165) is 24.5 Å². The first kappa shape index (κ1) is 18.0. The first-order chi connectivity index (χ1) is 12.7. The Hall–Kier alpha value is -2.76. The molecular formula is C20H23FN2O3. The Labute approximate surface area is 152 Å². The summed E-state index contributed by atoms with van der Waals surface area (Å²) in [5, 5.41) is 0. The van der Waals surface area contributed by atoms with Crippen molar-refractivity contribution in [2.75, 3.05) is 44.3 Å². The van der Waals surface area contributed by atoms with Crippen LogP contribution in [0.5, 0.6) is 11.5 Å². The quantitative estimate of drug-likeness (QED) is 0.796. The summed E-state index contributed by atoms with van der Waals surface area (Å²) in [6.07, 6.45) is 0. The molecule has 0 aliphatic carbocycles. The lowest BCUT2D eigenvalue weighted by molar-refractivity contribution is -0.133. The van der Waals surface area contributed by atoms with Crippen LogP contribution in [0.15, 0.2) is 48.5 Å². The standard InChI is InChI=1S/C20H23FN2O3/c1-2-25-19-10-6-4-8-17(19)22-11-13-23(14-12-22)20(24)15-26-18-9-5-3-7-16(18)21/h3-10H,2,11-15H2,1H3. The van der Waals surface area contributed by atoms with Crippen molar-refractivity contribution in [3.63, 3.8) is 0 Å². The summed E-state index contributed by atoms with van der Waals surface area (Å²) in [6.45, 7) is 5.05. The molecule has 2 aromatic carbocycles. The molecule has 2 aromatic rings. The maximum atomic E-state index is 13.6. The molecule has 1 amide bonds. The molecule has 0 aromatic heterocycles. The fourth-order valence-electron chi connectivity index (χ4n) is 2.99. The molecule has 1 heterocycles. The molecule has 26 heavy (non-hydrogen) atoms. The van der Waals surface area contributed by atoms with Crippen molar-refractivity contribution in [1.82, 2.24) is 4.90 Å². The molecule has 6 heteroatoms. The number of carbonyl (C=O) groups excluding carboxylic acids is 1. The van der Waals surface area contributed by atoms with Gasteiger partial charge in [0, 0.05) is 26.2 Å².